The van der Waals surface area contributed by atoms with Gasteiger partial charge in [0.2, 0.25) is 5.91 Å². The summed E-state index contributed by atoms with van der Waals surface area (Å²) in [5.41, 5.74) is 1.04. The van der Waals surface area contributed by atoms with Crippen molar-refractivity contribution in [3.8, 4) is 5.69 Å². The molecule has 0 radical (unpaired) electrons. The van der Waals surface area contributed by atoms with Gasteiger partial charge >= 0.3 is 5.69 Å². The van der Waals surface area contributed by atoms with Crippen LogP contribution < -0.4 is 16.6 Å². The van der Waals surface area contributed by atoms with Gasteiger partial charge in [-0.3, -0.25) is 19.1 Å². The largest absolute Gasteiger partial charge is 0.350 e. The summed E-state index contributed by atoms with van der Waals surface area (Å²) in [5, 5.41) is 3.05. The molecule has 0 aliphatic carbocycles. The van der Waals surface area contributed by atoms with Gasteiger partial charge in [-0.1, -0.05) is 17.7 Å². The Balaban J connectivity index is 1.78. The van der Waals surface area contributed by atoms with E-state index in [1.54, 1.807) is 36.7 Å². The van der Waals surface area contributed by atoms with Crippen molar-refractivity contribution in [1.29, 1.82) is 0 Å². The molecule has 4 rings (SSSR count). The Bertz CT molecular complexity index is 1380. The number of benzene rings is 2. The minimum Gasteiger partial charge on any atom is -0.350 e. The van der Waals surface area contributed by atoms with E-state index in [-0.39, 0.29) is 18.8 Å². The smallest absolute Gasteiger partial charge is 0.336 e. The van der Waals surface area contributed by atoms with Crippen LogP contribution in [-0.4, -0.2) is 20.0 Å². The van der Waals surface area contributed by atoms with Crippen LogP contribution in [0.5, 0.6) is 0 Å². The first-order valence-corrected chi connectivity index (χ1v) is 9.62. The molecule has 4 aromatic rings. The van der Waals surface area contributed by atoms with Crippen molar-refractivity contribution >= 4 is 16.8 Å². The molecule has 0 unspecified atom stereocenters. The van der Waals surface area contributed by atoms with Gasteiger partial charge in [0.25, 0.3) is 5.56 Å². The number of nitrogens with zero attached hydrogens (tertiary/aromatic N) is 3. The van der Waals surface area contributed by atoms with Crippen LogP contribution in [0.15, 0.2) is 76.6 Å². The number of hydrogen-bond donors (Lipinski definition) is 1. The van der Waals surface area contributed by atoms with Crippen LogP contribution in [0.4, 0.5) is 4.39 Å². The van der Waals surface area contributed by atoms with Crippen molar-refractivity contribution in [2.75, 3.05) is 0 Å². The van der Waals surface area contributed by atoms with Crippen LogP contribution in [0.3, 0.4) is 0 Å². The molecule has 7 nitrogen and oxygen atoms in total. The van der Waals surface area contributed by atoms with Crippen LogP contribution in [-0.2, 0) is 17.9 Å². The lowest BCUT2D eigenvalue weighted by molar-refractivity contribution is -0.121. The summed E-state index contributed by atoms with van der Waals surface area (Å²) >= 11 is 0. The van der Waals surface area contributed by atoms with E-state index < -0.39 is 23.0 Å². The molecule has 0 bridgehead atoms. The third-order valence-electron chi connectivity index (χ3n) is 4.90. The predicted molar refractivity (Wildman–Crippen MR) is 115 cm³/mol. The molecule has 2 heterocycles. The molecule has 31 heavy (non-hydrogen) atoms. The van der Waals surface area contributed by atoms with Gasteiger partial charge in [-0.15, -0.1) is 0 Å². The van der Waals surface area contributed by atoms with Crippen molar-refractivity contribution in [2.24, 2.45) is 0 Å². The Hall–Kier alpha value is -4.07. The highest BCUT2D eigenvalue weighted by Gasteiger charge is 2.17. The van der Waals surface area contributed by atoms with Crippen molar-refractivity contribution < 1.29 is 9.18 Å². The number of nitrogens with one attached hydrogen (secondary N) is 1. The van der Waals surface area contributed by atoms with E-state index in [2.05, 4.69) is 10.3 Å². The lowest BCUT2D eigenvalue weighted by atomic mass is 10.1. The summed E-state index contributed by atoms with van der Waals surface area (Å²) in [6.07, 6.45) is 3.27. The number of amides is 1. The molecular weight excluding hydrogens is 399 g/mol. The van der Waals surface area contributed by atoms with Gasteiger partial charge in [0, 0.05) is 18.9 Å². The molecule has 0 saturated carbocycles. The topological polar surface area (TPSA) is 86.0 Å². The van der Waals surface area contributed by atoms with Crippen LogP contribution >= 0.6 is 0 Å². The third-order valence-corrected chi connectivity index (χ3v) is 4.90. The Labute approximate surface area is 176 Å². The molecule has 0 atom stereocenters. The highest BCUT2D eigenvalue weighted by Crippen LogP contribution is 2.13. The maximum absolute atomic E-state index is 13.4. The number of aryl methyl sites for hydroxylation is 1. The Morgan fingerprint density at radius 3 is 2.58 bits per heavy atom. The van der Waals surface area contributed by atoms with Crippen LogP contribution in [0, 0.1) is 12.7 Å². The zero-order valence-corrected chi connectivity index (χ0v) is 16.7. The van der Waals surface area contributed by atoms with Gasteiger partial charge in [-0.05, 0) is 55.0 Å². The Morgan fingerprint density at radius 2 is 1.87 bits per heavy atom. The van der Waals surface area contributed by atoms with E-state index in [1.165, 1.54) is 28.8 Å². The minimum absolute atomic E-state index is 0.226. The zero-order chi connectivity index (χ0) is 22.0. The summed E-state index contributed by atoms with van der Waals surface area (Å²) in [6.45, 7) is 1.81. The zero-order valence-electron chi connectivity index (χ0n) is 16.7. The first kappa shape index (κ1) is 20.2. The molecule has 0 saturated heterocycles. The Kier molecular flexibility index (Phi) is 5.44. The van der Waals surface area contributed by atoms with Gasteiger partial charge < -0.3 is 5.32 Å². The molecular formula is C23H19FN4O3. The monoisotopic (exact) mass is 418 g/mol. The Morgan fingerprint density at radius 1 is 1.10 bits per heavy atom. The molecule has 2 aromatic heterocycles. The van der Waals surface area contributed by atoms with E-state index in [9.17, 15) is 18.8 Å². The van der Waals surface area contributed by atoms with E-state index in [1.807, 2.05) is 13.0 Å². The van der Waals surface area contributed by atoms with Crippen molar-refractivity contribution in [3.63, 3.8) is 0 Å². The van der Waals surface area contributed by atoms with E-state index >= 15 is 0 Å². The average Bonchev–Trinajstić information content (AvgIpc) is 2.77. The molecule has 0 aliphatic heterocycles. The van der Waals surface area contributed by atoms with E-state index in [4.69, 9.17) is 0 Å². The van der Waals surface area contributed by atoms with Crippen molar-refractivity contribution in [2.45, 2.75) is 20.0 Å². The highest BCUT2D eigenvalue weighted by molar-refractivity contribution is 5.82. The molecule has 1 amide bonds. The van der Waals surface area contributed by atoms with Gasteiger partial charge in [0.05, 0.1) is 16.6 Å². The summed E-state index contributed by atoms with van der Waals surface area (Å²) in [6, 6.07) is 13.7. The minimum atomic E-state index is -0.676. The van der Waals surface area contributed by atoms with E-state index in [0.29, 0.717) is 10.9 Å². The predicted octanol–water partition coefficient (Wildman–Crippen LogP) is 2.31. The van der Waals surface area contributed by atoms with Crippen LogP contribution in [0.25, 0.3) is 16.6 Å². The first-order chi connectivity index (χ1) is 14.9. The number of hydrogen-bond acceptors (Lipinski definition) is 4. The van der Waals surface area contributed by atoms with Gasteiger partial charge in [-0.25, -0.2) is 13.8 Å². The quantitative estimate of drug-likeness (QED) is 0.539. The molecule has 0 aliphatic rings. The van der Waals surface area contributed by atoms with Crippen LogP contribution in [0.1, 0.15) is 11.1 Å². The normalized spacial score (nSPS) is 10.9. The fourth-order valence-electron chi connectivity index (χ4n) is 3.36. The number of fused-ring (bicyclic) bond motifs is 1. The van der Waals surface area contributed by atoms with E-state index in [0.717, 1.165) is 15.7 Å². The maximum atomic E-state index is 13.4. The standard InChI is InChI=1S/C23H19FN4O3/c1-15-4-9-20-19(11-15)22(30)28(18-7-5-17(24)6-8-18)23(31)27(20)14-21(29)26-13-16-3-2-10-25-12-16/h2-12H,13-14H2,1H3,(H,26,29). The highest BCUT2D eigenvalue weighted by atomic mass is 19.1. The van der Waals surface area contributed by atoms with Gasteiger partial charge in [0.1, 0.15) is 12.4 Å². The van der Waals surface area contributed by atoms with Gasteiger partial charge in [0.15, 0.2) is 0 Å². The number of carbonyl (C=O) groups excluding carboxylic acids is 1. The van der Waals surface area contributed by atoms with Crippen molar-refractivity contribution in [3.05, 3.63) is 105 Å². The molecule has 0 spiro atoms. The van der Waals surface area contributed by atoms with Gasteiger partial charge in [-0.2, -0.15) is 0 Å². The second kappa shape index (κ2) is 8.35. The SMILES string of the molecule is Cc1ccc2c(c1)c(=O)n(-c1ccc(F)cc1)c(=O)n2CC(=O)NCc1cccnc1. The molecule has 8 heteroatoms. The summed E-state index contributed by atoms with van der Waals surface area (Å²) in [4.78, 5) is 42.9. The first-order valence-electron chi connectivity index (χ1n) is 9.62. The number of pyridine rings is 1. The summed E-state index contributed by atoms with van der Waals surface area (Å²) in [7, 11) is 0. The number of carbonyl (C=O) groups is 1. The fourth-order valence-corrected chi connectivity index (χ4v) is 3.36. The lowest BCUT2D eigenvalue weighted by Gasteiger charge is -2.14. The second-order valence-electron chi connectivity index (χ2n) is 7.14. The number of rotatable bonds is 5. The average molecular weight is 418 g/mol. The summed E-state index contributed by atoms with van der Waals surface area (Å²) < 4.78 is 15.6. The number of halogens is 1. The molecule has 2 aromatic carbocycles. The lowest BCUT2D eigenvalue weighted by Crippen LogP contribution is -2.41. The maximum Gasteiger partial charge on any atom is 0.336 e. The molecule has 0 fully saturated rings. The second-order valence-corrected chi connectivity index (χ2v) is 7.14. The number of aromatic nitrogens is 3. The molecule has 1 N–H and O–H groups in total. The third kappa shape index (κ3) is 4.13. The summed E-state index contributed by atoms with van der Waals surface area (Å²) in [5.74, 6) is -0.874. The van der Waals surface area contributed by atoms with Crippen molar-refractivity contribution in [1.82, 2.24) is 19.4 Å². The fraction of sp³-hybridized carbons (Fsp3) is 0.130. The molecule has 156 valence electrons. The van der Waals surface area contributed by atoms with Crippen LogP contribution in [0.2, 0.25) is 0 Å².